The number of Topliss-reactive ketones (excluding diaryl/α,β-unsaturated/α-hetero) is 1. The van der Waals surface area contributed by atoms with Crippen LogP contribution in [0.3, 0.4) is 0 Å². The van der Waals surface area contributed by atoms with Gasteiger partial charge in [0.05, 0.1) is 12.5 Å². The van der Waals surface area contributed by atoms with Crippen LogP contribution in [-0.2, 0) is 14.9 Å². The maximum atomic E-state index is 13.1. The second-order valence-corrected chi connectivity index (χ2v) is 5.28. The third-order valence-corrected chi connectivity index (χ3v) is 4.21. The van der Waals surface area contributed by atoms with E-state index in [0.29, 0.717) is 5.76 Å². The van der Waals surface area contributed by atoms with E-state index >= 15 is 0 Å². The maximum Gasteiger partial charge on any atom is 0.211 e. The summed E-state index contributed by atoms with van der Waals surface area (Å²) in [5, 5.41) is 0. The Balaban J connectivity index is 2.22. The van der Waals surface area contributed by atoms with Gasteiger partial charge in [-0.15, -0.1) is 0 Å². The molecule has 0 saturated heterocycles. The summed E-state index contributed by atoms with van der Waals surface area (Å²) in [7, 11) is 1.57. The number of rotatable bonds is 3. The number of carbonyl (C=O) groups is 1. The second kappa shape index (κ2) is 5.57. The van der Waals surface area contributed by atoms with E-state index in [1.165, 1.54) is 0 Å². The van der Waals surface area contributed by atoms with Gasteiger partial charge in [0.25, 0.3) is 0 Å². The fourth-order valence-electron chi connectivity index (χ4n) is 3.18. The van der Waals surface area contributed by atoms with Gasteiger partial charge in [0.1, 0.15) is 0 Å². The Morgan fingerprint density at radius 2 is 1.43 bits per heavy atom. The highest BCUT2D eigenvalue weighted by atomic mass is 16.5. The molecular weight excluding hydrogens is 260 g/mol. The molecule has 0 heterocycles. The summed E-state index contributed by atoms with van der Waals surface area (Å²) in [6, 6.07) is 20.0. The van der Waals surface area contributed by atoms with E-state index < -0.39 is 5.41 Å². The number of ether oxygens (including phenoxy) is 1. The standard InChI is InChI=1S/C19H18O2/c1-21-17-13-8-14-19(18(17)20,15-9-4-2-5-10-15)16-11-6-3-7-12-16/h2-7,9-13H,8,14H2,1H3. The lowest BCUT2D eigenvalue weighted by Gasteiger charge is -2.36. The Hall–Kier alpha value is -2.35. The second-order valence-electron chi connectivity index (χ2n) is 5.28. The molecule has 106 valence electrons. The third-order valence-electron chi connectivity index (χ3n) is 4.21. The van der Waals surface area contributed by atoms with Crippen LogP contribution >= 0.6 is 0 Å². The number of hydrogen-bond acceptors (Lipinski definition) is 2. The summed E-state index contributed by atoms with van der Waals surface area (Å²) < 4.78 is 5.31. The molecule has 1 aliphatic carbocycles. The van der Waals surface area contributed by atoms with Crippen LogP contribution in [0.5, 0.6) is 0 Å². The van der Waals surface area contributed by atoms with Gasteiger partial charge in [0, 0.05) is 0 Å². The molecule has 2 aromatic rings. The van der Waals surface area contributed by atoms with Crippen LogP contribution in [0.1, 0.15) is 24.0 Å². The Labute approximate surface area is 125 Å². The van der Waals surface area contributed by atoms with Gasteiger partial charge in [-0.3, -0.25) is 4.79 Å². The van der Waals surface area contributed by atoms with Gasteiger partial charge in [-0.2, -0.15) is 0 Å². The number of benzene rings is 2. The molecule has 0 spiro atoms. The number of ketones is 1. The molecule has 0 atom stereocenters. The molecule has 0 aromatic heterocycles. The van der Waals surface area contributed by atoms with Crippen LogP contribution in [0.2, 0.25) is 0 Å². The molecule has 0 N–H and O–H groups in total. The summed E-state index contributed by atoms with van der Waals surface area (Å²) >= 11 is 0. The molecular formula is C19H18O2. The third kappa shape index (κ3) is 2.17. The van der Waals surface area contributed by atoms with Crippen molar-refractivity contribution in [3.05, 3.63) is 83.6 Å². The van der Waals surface area contributed by atoms with Crippen molar-refractivity contribution in [2.24, 2.45) is 0 Å². The number of hydrogen-bond donors (Lipinski definition) is 0. The Bertz CT molecular complexity index is 617. The molecule has 0 aliphatic heterocycles. The predicted octanol–water partition coefficient (Wildman–Crippen LogP) is 3.87. The topological polar surface area (TPSA) is 26.3 Å². The lowest BCUT2D eigenvalue weighted by molar-refractivity contribution is -0.123. The van der Waals surface area contributed by atoms with Crippen molar-refractivity contribution in [3.63, 3.8) is 0 Å². The van der Waals surface area contributed by atoms with Crippen molar-refractivity contribution < 1.29 is 9.53 Å². The van der Waals surface area contributed by atoms with Crippen LogP contribution in [0.15, 0.2) is 72.5 Å². The Morgan fingerprint density at radius 1 is 0.905 bits per heavy atom. The molecule has 0 bridgehead atoms. The fraction of sp³-hybridized carbons (Fsp3) is 0.211. The van der Waals surface area contributed by atoms with Gasteiger partial charge in [-0.1, -0.05) is 60.7 Å². The molecule has 2 aromatic carbocycles. The highest BCUT2D eigenvalue weighted by Gasteiger charge is 2.45. The van der Waals surface area contributed by atoms with E-state index in [1.807, 2.05) is 66.7 Å². The lowest BCUT2D eigenvalue weighted by Crippen LogP contribution is -2.40. The zero-order chi connectivity index (χ0) is 14.7. The molecule has 0 saturated carbocycles. The van der Waals surface area contributed by atoms with E-state index in [1.54, 1.807) is 7.11 Å². The molecule has 0 amide bonds. The zero-order valence-electron chi connectivity index (χ0n) is 12.1. The summed E-state index contributed by atoms with van der Waals surface area (Å²) in [6.45, 7) is 0. The molecule has 2 nitrogen and oxygen atoms in total. The average Bonchev–Trinajstić information content (AvgIpc) is 2.57. The number of methoxy groups -OCH3 is 1. The van der Waals surface area contributed by atoms with Crippen molar-refractivity contribution in [2.45, 2.75) is 18.3 Å². The maximum absolute atomic E-state index is 13.1. The quantitative estimate of drug-likeness (QED) is 0.852. The van der Waals surface area contributed by atoms with Crippen LogP contribution in [-0.4, -0.2) is 12.9 Å². The van der Waals surface area contributed by atoms with E-state index in [-0.39, 0.29) is 5.78 Å². The molecule has 21 heavy (non-hydrogen) atoms. The monoisotopic (exact) mass is 278 g/mol. The summed E-state index contributed by atoms with van der Waals surface area (Å²) in [5.41, 5.74) is 1.43. The van der Waals surface area contributed by atoms with Gasteiger partial charge in [0.15, 0.2) is 5.76 Å². The van der Waals surface area contributed by atoms with Gasteiger partial charge < -0.3 is 4.74 Å². The van der Waals surface area contributed by atoms with E-state index in [9.17, 15) is 4.79 Å². The first-order chi connectivity index (χ1) is 10.3. The van der Waals surface area contributed by atoms with Crippen LogP contribution < -0.4 is 0 Å². The number of allylic oxidation sites excluding steroid dienone is 2. The smallest absolute Gasteiger partial charge is 0.211 e. The molecule has 2 heteroatoms. The molecule has 0 unspecified atom stereocenters. The normalized spacial score (nSPS) is 17.2. The van der Waals surface area contributed by atoms with Crippen LogP contribution in [0, 0.1) is 0 Å². The van der Waals surface area contributed by atoms with E-state index in [4.69, 9.17) is 4.74 Å². The van der Waals surface area contributed by atoms with Gasteiger partial charge in [0.2, 0.25) is 5.78 Å². The van der Waals surface area contributed by atoms with Crippen molar-refractivity contribution in [2.75, 3.05) is 7.11 Å². The minimum absolute atomic E-state index is 0.0497. The zero-order valence-corrected chi connectivity index (χ0v) is 12.1. The molecule has 3 rings (SSSR count). The minimum atomic E-state index is -0.636. The van der Waals surface area contributed by atoms with Crippen molar-refractivity contribution in [1.29, 1.82) is 0 Å². The Kier molecular flexibility index (Phi) is 3.61. The van der Waals surface area contributed by atoms with Crippen molar-refractivity contribution >= 4 is 5.78 Å². The number of carbonyl (C=O) groups excluding carboxylic acids is 1. The van der Waals surface area contributed by atoms with Gasteiger partial charge in [-0.25, -0.2) is 0 Å². The highest BCUT2D eigenvalue weighted by molar-refractivity contribution is 6.05. The van der Waals surface area contributed by atoms with Crippen molar-refractivity contribution in [1.82, 2.24) is 0 Å². The van der Waals surface area contributed by atoms with Crippen LogP contribution in [0.25, 0.3) is 0 Å². The van der Waals surface area contributed by atoms with Gasteiger partial charge in [-0.05, 0) is 30.0 Å². The summed E-state index contributed by atoms with van der Waals surface area (Å²) in [4.78, 5) is 13.1. The average molecular weight is 278 g/mol. The first kappa shape index (κ1) is 13.6. The van der Waals surface area contributed by atoms with Gasteiger partial charge >= 0.3 is 0 Å². The molecule has 0 radical (unpaired) electrons. The predicted molar refractivity (Wildman–Crippen MR) is 83.0 cm³/mol. The SMILES string of the molecule is COC1=CCCC(c2ccccc2)(c2ccccc2)C1=O. The Morgan fingerprint density at radius 3 is 1.90 bits per heavy atom. The first-order valence-corrected chi connectivity index (χ1v) is 7.19. The molecule has 0 fully saturated rings. The minimum Gasteiger partial charge on any atom is -0.493 e. The first-order valence-electron chi connectivity index (χ1n) is 7.19. The fourth-order valence-corrected chi connectivity index (χ4v) is 3.18. The van der Waals surface area contributed by atoms with E-state index in [0.717, 1.165) is 24.0 Å². The summed E-state index contributed by atoms with van der Waals surface area (Å²) in [6.07, 6.45) is 3.50. The summed E-state index contributed by atoms with van der Waals surface area (Å²) in [5.74, 6) is 0.516. The molecule has 1 aliphatic rings. The lowest BCUT2D eigenvalue weighted by atomic mass is 9.66. The largest absolute Gasteiger partial charge is 0.493 e. The van der Waals surface area contributed by atoms with E-state index in [2.05, 4.69) is 0 Å². The van der Waals surface area contributed by atoms with Crippen molar-refractivity contribution in [3.8, 4) is 0 Å². The highest BCUT2D eigenvalue weighted by Crippen LogP contribution is 2.42. The van der Waals surface area contributed by atoms with Crippen LogP contribution in [0.4, 0.5) is 0 Å².